The summed E-state index contributed by atoms with van der Waals surface area (Å²) in [5.41, 5.74) is -0.372. The number of carbonyl (C=O) groups is 1. The van der Waals surface area contributed by atoms with E-state index in [0.717, 1.165) is 12.1 Å². The highest BCUT2D eigenvalue weighted by Gasteiger charge is 2.06. The summed E-state index contributed by atoms with van der Waals surface area (Å²) in [4.78, 5) is 10.3. The summed E-state index contributed by atoms with van der Waals surface area (Å²) in [6, 6.07) is 1.74. The highest BCUT2D eigenvalue weighted by atomic mass is 19.1. The van der Waals surface area contributed by atoms with Gasteiger partial charge in [-0.15, -0.1) is 5.75 Å². The van der Waals surface area contributed by atoms with Crippen molar-refractivity contribution in [2.45, 2.75) is 6.92 Å². The van der Waals surface area contributed by atoms with Crippen LogP contribution in [0.15, 0.2) is 12.1 Å². The Balaban J connectivity index is 3.31. The molecule has 0 fully saturated rings. The predicted molar refractivity (Wildman–Crippen MR) is 37.5 cm³/mol. The Morgan fingerprint density at radius 3 is 2.58 bits per heavy atom. The Bertz CT molecular complexity index is 310. The molecule has 0 saturated heterocycles. The zero-order valence-corrected chi connectivity index (χ0v) is 6.30. The highest BCUT2D eigenvalue weighted by molar-refractivity contribution is 5.88. The van der Waals surface area contributed by atoms with Crippen molar-refractivity contribution in [3.05, 3.63) is 29.1 Å². The fourth-order valence-electron chi connectivity index (χ4n) is 0.777. The van der Waals surface area contributed by atoms with Crippen molar-refractivity contribution in [2.75, 3.05) is 0 Å². The smallest absolute Gasteiger partial charge is 0.335 e. The van der Waals surface area contributed by atoms with Crippen LogP contribution in [0.2, 0.25) is 0 Å². The maximum Gasteiger partial charge on any atom is 0.335 e. The van der Waals surface area contributed by atoms with E-state index in [2.05, 4.69) is 0 Å². The van der Waals surface area contributed by atoms with Gasteiger partial charge >= 0.3 is 5.97 Å². The van der Waals surface area contributed by atoms with Gasteiger partial charge in [-0.2, -0.15) is 0 Å². The van der Waals surface area contributed by atoms with Crippen molar-refractivity contribution in [2.24, 2.45) is 0 Å². The molecule has 12 heavy (non-hydrogen) atoms. The van der Waals surface area contributed by atoms with E-state index in [1.54, 1.807) is 0 Å². The third-order valence-corrected chi connectivity index (χ3v) is 1.54. The largest absolute Gasteiger partial charge is 0.872 e. The maximum atomic E-state index is 12.7. The number of aromatic carboxylic acids is 1. The van der Waals surface area contributed by atoms with Crippen LogP contribution in [0.5, 0.6) is 5.75 Å². The maximum absolute atomic E-state index is 12.7. The molecule has 64 valence electrons. The van der Waals surface area contributed by atoms with Gasteiger partial charge in [-0.3, -0.25) is 0 Å². The van der Waals surface area contributed by atoms with E-state index in [0.29, 0.717) is 0 Å². The molecular formula is C8H6FO3-. The molecule has 0 aliphatic heterocycles. The first-order chi connectivity index (χ1) is 5.52. The summed E-state index contributed by atoms with van der Waals surface area (Å²) in [6.45, 7) is 1.31. The minimum Gasteiger partial charge on any atom is -0.872 e. The average Bonchev–Trinajstić information content (AvgIpc) is 1.99. The Morgan fingerprint density at radius 2 is 2.17 bits per heavy atom. The van der Waals surface area contributed by atoms with Crippen LogP contribution >= 0.6 is 0 Å². The van der Waals surface area contributed by atoms with Gasteiger partial charge in [0.1, 0.15) is 5.82 Å². The zero-order chi connectivity index (χ0) is 9.30. The van der Waals surface area contributed by atoms with E-state index in [1.807, 2.05) is 0 Å². The number of rotatable bonds is 1. The van der Waals surface area contributed by atoms with E-state index < -0.39 is 17.5 Å². The summed E-state index contributed by atoms with van der Waals surface area (Å²) in [5.74, 6) is -2.67. The van der Waals surface area contributed by atoms with Crippen molar-refractivity contribution < 1.29 is 19.4 Å². The molecule has 0 aromatic heterocycles. The van der Waals surface area contributed by atoms with Crippen molar-refractivity contribution in [3.63, 3.8) is 0 Å². The summed E-state index contributed by atoms with van der Waals surface area (Å²) in [5, 5.41) is 19.3. The first-order valence-electron chi connectivity index (χ1n) is 3.23. The standard InChI is InChI=1S/C8H7FO3/c1-4-6(9)2-5(8(11)12)3-7(4)10/h2-3,10H,1H3,(H,11,12)/p-1. The van der Waals surface area contributed by atoms with Gasteiger partial charge in [0.25, 0.3) is 0 Å². The normalized spacial score (nSPS) is 9.83. The Morgan fingerprint density at radius 1 is 1.58 bits per heavy atom. The topological polar surface area (TPSA) is 60.4 Å². The van der Waals surface area contributed by atoms with Crippen molar-refractivity contribution >= 4 is 5.97 Å². The molecule has 0 aliphatic carbocycles. The molecule has 0 radical (unpaired) electrons. The number of halogens is 1. The van der Waals surface area contributed by atoms with Gasteiger partial charge in [0.05, 0.1) is 5.56 Å². The van der Waals surface area contributed by atoms with Crippen LogP contribution in [0.1, 0.15) is 15.9 Å². The number of hydrogen-bond donors (Lipinski definition) is 1. The molecule has 1 aromatic rings. The van der Waals surface area contributed by atoms with E-state index in [-0.39, 0.29) is 11.1 Å². The summed E-state index contributed by atoms with van der Waals surface area (Å²) < 4.78 is 12.7. The van der Waals surface area contributed by atoms with Crippen LogP contribution in [0, 0.1) is 12.7 Å². The molecule has 1 N–H and O–H groups in total. The Hall–Kier alpha value is -1.58. The van der Waals surface area contributed by atoms with Gasteiger partial charge in [-0.05, 0) is 18.6 Å². The summed E-state index contributed by atoms with van der Waals surface area (Å²) in [6.07, 6.45) is 0. The highest BCUT2D eigenvalue weighted by Crippen LogP contribution is 2.18. The van der Waals surface area contributed by atoms with E-state index in [9.17, 15) is 14.3 Å². The fourth-order valence-corrected chi connectivity index (χ4v) is 0.777. The fraction of sp³-hybridized carbons (Fsp3) is 0.125. The van der Waals surface area contributed by atoms with Crippen LogP contribution in [0.4, 0.5) is 4.39 Å². The average molecular weight is 169 g/mol. The molecule has 0 bridgehead atoms. The van der Waals surface area contributed by atoms with E-state index >= 15 is 0 Å². The lowest BCUT2D eigenvalue weighted by atomic mass is 10.1. The first kappa shape index (κ1) is 8.52. The quantitative estimate of drug-likeness (QED) is 0.679. The summed E-state index contributed by atoms with van der Waals surface area (Å²) in [7, 11) is 0. The van der Waals surface area contributed by atoms with Crippen LogP contribution in [0.3, 0.4) is 0 Å². The molecule has 1 rings (SSSR count). The van der Waals surface area contributed by atoms with Gasteiger partial charge in [0.2, 0.25) is 0 Å². The minimum atomic E-state index is -1.30. The van der Waals surface area contributed by atoms with Crippen molar-refractivity contribution in [3.8, 4) is 5.75 Å². The molecule has 0 heterocycles. The SMILES string of the molecule is Cc1c([O-])cc(C(=O)O)cc1F. The second kappa shape index (κ2) is 2.81. The lowest BCUT2D eigenvalue weighted by Gasteiger charge is -2.11. The second-order valence-electron chi connectivity index (χ2n) is 2.39. The number of carboxylic acid groups (broad SMARTS) is 1. The lowest BCUT2D eigenvalue weighted by molar-refractivity contribution is -0.269. The van der Waals surface area contributed by atoms with Gasteiger partial charge < -0.3 is 10.2 Å². The molecular weight excluding hydrogens is 163 g/mol. The van der Waals surface area contributed by atoms with Crippen molar-refractivity contribution in [1.29, 1.82) is 0 Å². The second-order valence-corrected chi connectivity index (χ2v) is 2.39. The van der Waals surface area contributed by atoms with Crippen molar-refractivity contribution in [1.82, 2.24) is 0 Å². The van der Waals surface area contributed by atoms with Crippen LogP contribution in [0.25, 0.3) is 0 Å². The molecule has 0 atom stereocenters. The Labute approximate surface area is 68.1 Å². The van der Waals surface area contributed by atoms with E-state index in [1.165, 1.54) is 6.92 Å². The van der Waals surface area contributed by atoms with Crippen LogP contribution in [-0.4, -0.2) is 11.1 Å². The first-order valence-corrected chi connectivity index (χ1v) is 3.23. The molecule has 1 aromatic carbocycles. The predicted octanol–water partition coefficient (Wildman–Crippen LogP) is 0.906. The van der Waals surface area contributed by atoms with Crippen LogP contribution < -0.4 is 5.11 Å². The minimum absolute atomic E-state index is 0.0556. The number of benzene rings is 1. The van der Waals surface area contributed by atoms with Crippen LogP contribution in [-0.2, 0) is 0 Å². The molecule has 4 heteroatoms. The number of hydrogen-bond acceptors (Lipinski definition) is 2. The summed E-state index contributed by atoms with van der Waals surface area (Å²) >= 11 is 0. The number of carboxylic acids is 1. The van der Waals surface area contributed by atoms with Gasteiger partial charge in [-0.1, -0.05) is 6.07 Å². The zero-order valence-electron chi connectivity index (χ0n) is 6.30. The van der Waals surface area contributed by atoms with Gasteiger partial charge in [0.15, 0.2) is 0 Å². The van der Waals surface area contributed by atoms with Gasteiger partial charge in [-0.25, -0.2) is 9.18 Å². The molecule has 3 nitrogen and oxygen atoms in total. The Kier molecular flexibility index (Phi) is 1.99. The third kappa shape index (κ3) is 1.37. The molecule has 0 amide bonds. The molecule has 0 aliphatic rings. The molecule has 0 saturated carbocycles. The van der Waals surface area contributed by atoms with E-state index in [4.69, 9.17) is 5.11 Å². The van der Waals surface area contributed by atoms with Gasteiger partial charge in [0, 0.05) is 0 Å². The molecule has 0 unspecified atom stereocenters. The third-order valence-electron chi connectivity index (χ3n) is 1.54. The molecule has 0 spiro atoms. The lowest BCUT2D eigenvalue weighted by Crippen LogP contribution is -2.02. The monoisotopic (exact) mass is 169 g/mol.